The van der Waals surface area contributed by atoms with E-state index in [9.17, 15) is 4.79 Å². The van der Waals surface area contributed by atoms with Crippen LogP contribution in [0.4, 0.5) is 0 Å². The van der Waals surface area contributed by atoms with Crippen molar-refractivity contribution in [2.45, 2.75) is 46.6 Å². The second-order valence-corrected chi connectivity index (χ2v) is 6.64. The zero-order valence-corrected chi connectivity index (χ0v) is 14.1. The van der Waals surface area contributed by atoms with Crippen LogP contribution in [0.15, 0.2) is 10.7 Å². The van der Waals surface area contributed by atoms with Gasteiger partial charge in [0.15, 0.2) is 5.82 Å². The predicted octanol–water partition coefficient (Wildman–Crippen LogP) is 2.17. The molecule has 1 amide bonds. The third kappa shape index (κ3) is 3.13. The molecular formula is C16H23N5O2. The van der Waals surface area contributed by atoms with Crippen molar-refractivity contribution in [2.75, 3.05) is 13.1 Å². The second-order valence-electron chi connectivity index (χ2n) is 6.64. The molecule has 7 nitrogen and oxygen atoms in total. The third-order valence-corrected chi connectivity index (χ3v) is 4.24. The van der Waals surface area contributed by atoms with Crippen molar-refractivity contribution in [1.82, 2.24) is 24.8 Å². The fraction of sp³-hybridized carbons (Fsp3) is 0.625. The van der Waals surface area contributed by atoms with Crippen molar-refractivity contribution < 1.29 is 9.32 Å². The first-order valence-corrected chi connectivity index (χ1v) is 8.07. The van der Waals surface area contributed by atoms with E-state index in [1.807, 2.05) is 16.5 Å². The minimum Gasteiger partial charge on any atom is -0.339 e. The molecule has 0 spiro atoms. The van der Waals surface area contributed by atoms with E-state index in [1.165, 1.54) is 0 Å². The molecular weight excluding hydrogens is 294 g/mol. The lowest BCUT2D eigenvalue weighted by Gasteiger charge is -2.15. The summed E-state index contributed by atoms with van der Waals surface area (Å²) < 4.78 is 7.15. The molecule has 23 heavy (non-hydrogen) atoms. The third-order valence-electron chi connectivity index (χ3n) is 4.24. The maximum atomic E-state index is 12.8. The fourth-order valence-electron chi connectivity index (χ4n) is 2.98. The summed E-state index contributed by atoms with van der Waals surface area (Å²) in [6.45, 7) is 10.2. The van der Waals surface area contributed by atoms with Gasteiger partial charge in [-0.2, -0.15) is 10.1 Å². The Morgan fingerprint density at radius 2 is 2.22 bits per heavy atom. The van der Waals surface area contributed by atoms with Crippen molar-refractivity contribution in [1.29, 1.82) is 0 Å². The van der Waals surface area contributed by atoms with Gasteiger partial charge < -0.3 is 9.42 Å². The number of carbonyl (C=O) groups excluding carboxylic acids is 1. The SMILES string of the molecule is Cc1noc(C2CCN(C(=O)c3cnn(CC(C)C)c3C)C2)n1. The number of aryl methyl sites for hydroxylation is 1. The van der Waals surface area contributed by atoms with Gasteiger partial charge in [0.05, 0.1) is 17.7 Å². The molecule has 124 valence electrons. The van der Waals surface area contributed by atoms with E-state index in [4.69, 9.17) is 4.52 Å². The van der Waals surface area contributed by atoms with E-state index in [1.54, 1.807) is 13.1 Å². The average molecular weight is 317 g/mol. The highest BCUT2D eigenvalue weighted by Gasteiger charge is 2.32. The quantitative estimate of drug-likeness (QED) is 0.863. The van der Waals surface area contributed by atoms with Gasteiger partial charge in [0.2, 0.25) is 5.89 Å². The molecule has 1 saturated heterocycles. The molecule has 0 aliphatic carbocycles. The van der Waals surface area contributed by atoms with Crippen molar-refractivity contribution in [3.8, 4) is 0 Å². The minimum absolute atomic E-state index is 0.0382. The molecule has 2 aromatic rings. The monoisotopic (exact) mass is 317 g/mol. The summed E-state index contributed by atoms with van der Waals surface area (Å²) >= 11 is 0. The van der Waals surface area contributed by atoms with Gasteiger partial charge >= 0.3 is 0 Å². The van der Waals surface area contributed by atoms with Crippen LogP contribution in [0.5, 0.6) is 0 Å². The minimum atomic E-state index is 0.0382. The molecule has 0 N–H and O–H groups in total. The van der Waals surface area contributed by atoms with E-state index in [0.717, 1.165) is 18.7 Å². The number of amides is 1. The molecule has 0 aromatic carbocycles. The number of carbonyl (C=O) groups is 1. The van der Waals surface area contributed by atoms with Crippen molar-refractivity contribution in [2.24, 2.45) is 5.92 Å². The van der Waals surface area contributed by atoms with E-state index in [2.05, 4.69) is 29.1 Å². The van der Waals surface area contributed by atoms with Crippen LogP contribution in [0.3, 0.4) is 0 Å². The maximum absolute atomic E-state index is 12.8. The van der Waals surface area contributed by atoms with Crippen molar-refractivity contribution >= 4 is 5.91 Å². The second kappa shape index (κ2) is 6.14. The van der Waals surface area contributed by atoms with Crippen LogP contribution in [0, 0.1) is 19.8 Å². The number of likely N-dealkylation sites (tertiary alicyclic amines) is 1. The highest BCUT2D eigenvalue weighted by atomic mass is 16.5. The molecule has 2 aromatic heterocycles. The molecule has 1 unspecified atom stereocenters. The Balaban J connectivity index is 1.71. The molecule has 1 fully saturated rings. The van der Waals surface area contributed by atoms with E-state index in [-0.39, 0.29) is 11.8 Å². The largest absolute Gasteiger partial charge is 0.339 e. The van der Waals surface area contributed by atoms with Gasteiger partial charge in [0.1, 0.15) is 0 Å². The van der Waals surface area contributed by atoms with E-state index in [0.29, 0.717) is 36.3 Å². The van der Waals surface area contributed by atoms with Crippen LogP contribution in [0.2, 0.25) is 0 Å². The zero-order chi connectivity index (χ0) is 16.6. The summed E-state index contributed by atoms with van der Waals surface area (Å²) in [7, 11) is 0. The Labute approximate surface area is 135 Å². The van der Waals surface area contributed by atoms with Crippen LogP contribution in [0.1, 0.15) is 54.0 Å². The number of hydrogen-bond acceptors (Lipinski definition) is 5. The lowest BCUT2D eigenvalue weighted by Crippen LogP contribution is -2.29. The lowest BCUT2D eigenvalue weighted by atomic mass is 10.1. The zero-order valence-electron chi connectivity index (χ0n) is 14.1. The maximum Gasteiger partial charge on any atom is 0.257 e. The van der Waals surface area contributed by atoms with Gasteiger partial charge in [-0.05, 0) is 26.2 Å². The summed E-state index contributed by atoms with van der Waals surface area (Å²) in [6, 6.07) is 0. The summed E-state index contributed by atoms with van der Waals surface area (Å²) in [5, 5.41) is 8.19. The Morgan fingerprint density at radius 3 is 2.87 bits per heavy atom. The highest BCUT2D eigenvalue weighted by molar-refractivity contribution is 5.95. The number of nitrogens with zero attached hydrogens (tertiary/aromatic N) is 5. The van der Waals surface area contributed by atoms with Crippen molar-refractivity contribution in [3.05, 3.63) is 29.2 Å². The smallest absolute Gasteiger partial charge is 0.257 e. The van der Waals surface area contributed by atoms with Crippen LogP contribution in [-0.4, -0.2) is 43.8 Å². The Bertz CT molecular complexity index is 703. The molecule has 1 atom stereocenters. The topological polar surface area (TPSA) is 77.0 Å². The first-order valence-electron chi connectivity index (χ1n) is 8.07. The molecule has 0 radical (unpaired) electrons. The first kappa shape index (κ1) is 15.7. The number of hydrogen-bond donors (Lipinski definition) is 0. The molecule has 3 rings (SSSR count). The van der Waals surface area contributed by atoms with Gasteiger partial charge in [-0.25, -0.2) is 0 Å². The van der Waals surface area contributed by atoms with Gasteiger partial charge in [-0.15, -0.1) is 0 Å². The highest BCUT2D eigenvalue weighted by Crippen LogP contribution is 2.27. The summed E-state index contributed by atoms with van der Waals surface area (Å²) in [4.78, 5) is 18.9. The molecule has 0 saturated carbocycles. The van der Waals surface area contributed by atoms with Crippen molar-refractivity contribution in [3.63, 3.8) is 0 Å². The molecule has 1 aliphatic heterocycles. The van der Waals surface area contributed by atoms with Crippen LogP contribution >= 0.6 is 0 Å². The van der Waals surface area contributed by atoms with Gasteiger partial charge in [0.25, 0.3) is 5.91 Å². The number of aromatic nitrogens is 4. The van der Waals surface area contributed by atoms with E-state index < -0.39 is 0 Å². The summed E-state index contributed by atoms with van der Waals surface area (Å²) in [5.41, 5.74) is 1.62. The normalized spacial score (nSPS) is 18.1. The molecule has 1 aliphatic rings. The lowest BCUT2D eigenvalue weighted by molar-refractivity contribution is 0.0788. The average Bonchev–Trinajstić information content (AvgIpc) is 3.19. The first-order chi connectivity index (χ1) is 11.0. The van der Waals surface area contributed by atoms with Gasteiger partial charge in [0, 0.05) is 25.3 Å². The van der Waals surface area contributed by atoms with Gasteiger partial charge in [-0.3, -0.25) is 9.48 Å². The van der Waals surface area contributed by atoms with Crippen LogP contribution in [0.25, 0.3) is 0 Å². The molecule has 0 bridgehead atoms. The van der Waals surface area contributed by atoms with Gasteiger partial charge in [-0.1, -0.05) is 19.0 Å². The fourth-order valence-corrected chi connectivity index (χ4v) is 2.98. The Hall–Kier alpha value is -2.18. The summed E-state index contributed by atoms with van der Waals surface area (Å²) in [5.74, 6) is 1.93. The Kier molecular flexibility index (Phi) is 4.19. The summed E-state index contributed by atoms with van der Waals surface area (Å²) in [6.07, 6.45) is 2.54. The number of rotatable bonds is 4. The van der Waals surface area contributed by atoms with Crippen LogP contribution in [-0.2, 0) is 6.54 Å². The molecule has 3 heterocycles. The van der Waals surface area contributed by atoms with E-state index >= 15 is 0 Å². The Morgan fingerprint density at radius 1 is 1.43 bits per heavy atom. The standard InChI is InChI=1S/C16H23N5O2/c1-10(2)8-21-11(3)14(7-17-21)16(22)20-6-5-13(9-20)15-18-12(4)19-23-15/h7,10,13H,5-6,8-9H2,1-4H3. The van der Waals surface area contributed by atoms with Crippen LogP contribution < -0.4 is 0 Å². The predicted molar refractivity (Wildman–Crippen MR) is 84.1 cm³/mol. The molecule has 7 heteroatoms.